The van der Waals surface area contributed by atoms with Crippen LogP contribution >= 0.6 is 0 Å². The number of aromatic amines is 1. The third-order valence-electron chi connectivity index (χ3n) is 2.21. The zero-order chi connectivity index (χ0) is 11.5. The number of carboxylic acid groups (broad SMARTS) is 1. The lowest BCUT2D eigenvalue weighted by molar-refractivity contribution is 0.0697. The van der Waals surface area contributed by atoms with Crippen molar-refractivity contribution in [3.05, 3.63) is 59.4 Å². The number of rotatable bonds is 3. The van der Waals surface area contributed by atoms with Crippen molar-refractivity contribution in [3.8, 4) is 0 Å². The number of hydrogen-bond acceptors (Lipinski definition) is 2. The lowest BCUT2D eigenvalue weighted by Crippen LogP contribution is -2.01. The van der Waals surface area contributed by atoms with Crippen LogP contribution < -0.4 is 0 Å². The fourth-order valence-corrected chi connectivity index (χ4v) is 1.39. The summed E-state index contributed by atoms with van der Waals surface area (Å²) >= 11 is 0. The number of ketones is 1. The van der Waals surface area contributed by atoms with E-state index in [1.165, 1.54) is 12.3 Å². The molecule has 0 spiro atoms. The zero-order valence-corrected chi connectivity index (χ0v) is 8.31. The van der Waals surface area contributed by atoms with Gasteiger partial charge in [0.05, 0.1) is 11.3 Å². The monoisotopic (exact) mass is 215 g/mol. The molecular weight excluding hydrogens is 206 g/mol. The summed E-state index contributed by atoms with van der Waals surface area (Å²) in [4.78, 5) is 25.2. The van der Waals surface area contributed by atoms with Gasteiger partial charge in [0, 0.05) is 11.8 Å². The Morgan fingerprint density at radius 1 is 1.06 bits per heavy atom. The van der Waals surface area contributed by atoms with Crippen LogP contribution in [-0.2, 0) is 0 Å². The minimum absolute atomic E-state index is 0.0827. The molecule has 0 aliphatic heterocycles. The van der Waals surface area contributed by atoms with Gasteiger partial charge in [0.1, 0.15) is 0 Å². The van der Waals surface area contributed by atoms with Crippen LogP contribution in [0.4, 0.5) is 0 Å². The second kappa shape index (κ2) is 4.02. The van der Waals surface area contributed by atoms with Crippen molar-refractivity contribution < 1.29 is 14.7 Å². The van der Waals surface area contributed by atoms with Gasteiger partial charge >= 0.3 is 5.97 Å². The Morgan fingerprint density at radius 2 is 1.75 bits per heavy atom. The predicted molar refractivity (Wildman–Crippen MR) is 57.6 cm³/mol. The third kappa shape index (κ3) is 1.86. The van der Waals surface area contributed by atoms with Crippen LogP contribution in [0.25, 0.3) is 0 Å². The lowest BCUT2D eigenvalue weighted by Gasteiger charge is -1.96. The van der Waals surface area contributed by atoms with E-state index in [1.54, 1.807) is 24.3 Å². The van der Waals surface area contributed by atoms with Gasteiger partial charge in [-0.1, -0.05) is 30.3 Å². The minimum Gasteiger partial charge on any atom is -0.478 e. The normalized spacial score (nSPS) is 10.0. The van der Waals surface area contributed by atoms with Gasteiger partial charge in [-0.25, -0.2) is 4.79 Å². The van der Waals surface area contributed by atoms with Crippen LogP contribution in [0.1, 0.15) is 26.4 Å². The Hall–Kier alpha value is -2.36. The van der Waals surface area contributed by atoms with Crippen molar-refractivity contribution in [1.29, 1.82) is 0 Å². The summed E-state index contributed by atoms with van der Waals surface area (Å²) in [7, 11) is 0. The van der Waals surface area contributed by atoms with Gasteiger partial charge in [-0.15, -0.1) is 0 Å². The lowest BCUT2D eigenvalue weighted by atomic mass is 10.1. The summed E-state index contributed by atoms with van der Waals surface area (Å²) in [6, 6.07) is 10.0. The molecule has 4 nitrogen and oxygen atoms in total. The first kappa shape index (κ1) is 10.2. The topological polar surface area (TPSA) is 70.2 Å². The van der Waals surface area contributed by atoms with Gasteiger partial charge in [0.25, 0.3) is 0 Å². The highest BCUT2D eigenvalue weighted by Crippen LogP contribution is 2.10. The van der Waals surface area contributed by atoms with Gasteiger partial charge < -0.3 is 10.1 Å². The second-order valence-electron chi connectivity index (χ2n) is 3.30. The molecule has 0 bridgehead atoms. The van der Waals surface area contributed by atoms with E-state index in [0.717, 1.165) is 0 Å². The fraction of sp³-hybridized carbons (Fsp3) is 0. The standard InChI is InChI=1S/C12H9NO3/c14-11(8-4-2-1-3-5-8)10-6-9(7-13-10)12(15)16/h1-7,13H,(H,15,16). The summed E-state index contributed by atoms with van der Waals surface area (Å²) in [5, 5.41) is 8.72. The van der Waals surface area contributed by atoms with Crippen LogP contribution in [0.3, 0.4) is 0 Å². The van der Waals surface area contributed by atoms with E-state index in [2.05, 4.69) is 4.98 Å². The van der Waals surface area contributed by atoms with Crippen LogP contribution in [0.5, 0.6) is 0 Å². The number of carboxylic acids is 1. The molecule has 2 aromatic rings. The Bertz CT molecular complexity index is 528. The van der Waals surface area contributed by atoms with Gasteiger partial charge in [0.2, 0.25) is 5.78 Å². The van der Waals surface area contributed by atoms with Crippen molar-refractivity contribution in [1.82, 2.24) is 4.98 Å². The van der Waals surface area contributed by atoms with Crippen molar-refractivity contribution in [2.45, 2.75) is 0 Å². The van der Waals surface area contributed by atoms with E-state index < -0.39 is 5.97 Å². The summed E-state index contributed by atoms with van der Waals surface area (Å²) in [6.07, 6.45) is 1.30. The van der Waals surface area contributed by atoms with E-state index in [4.69, 9.17) is 5.11 Å². The average Bonchev–Trinajstić information content (AvgIpc) is 2.78. The van der Waals surface area contributed by atoms with Crippen molar-refractivity contribution >= 4 is 11.8 Å². The van der Waals surface area contributed by atoms with E-state index in [9.17, 15) is 9.59 Å². The molecule has 1 aromatic heterocycles. The predicted octanol–water partition coefficient (Wildman–Crippen LogP) is 1.94. The number of benzene rings is 1. The molecule has 1 heterocycles. The molecule has 80 valence electrons. The molecule has 2 rings (SSSR count). The van der Waals surface area contributed by atoms with Gasteiger partial charge in [-0.3, -0.25) is 4.79 Å². The molecule has 4 heteroatoms. The largest absolute Gasteiger partial charge is 0.478 e. The third-order valence-corrected chi connectivity index (χ3v) is 2.21. The highest BCUT2D eigenvalue weighted by Gasteiger charge is 2.13. The molecule has 0 atom stereocenters. The Kier molecular flexibility index (Phi) is 2.55. The first-order valence-electron chi connectivity index (χ1n) is 4.70. The van der Waals surface area contributed by atoms with Gasteiger partial charge in [-0.05, 0) is 6.07 Å². The van der Waals surface area contributed by atoms with Crippen molar-refractivity contribution in [2.75, 3.05) is 0 Å². The van der Waals surface area contributed by atoms with Crippen molar-refractivity contribution in [2.24, 2.45) is 0 Å². The van der Waals surface area contributed by atoms with E-state index >= 15 is 0 Å². The maximum Gasteiger partial charge on any atom is 0.337 e. The first-order chi connectivity index (χ1) is 7.68. The first-order valence-corrected chi connectivity index (χ1v) is 4.70. The zero-order valence-electron chi connectivity index (χ0n) is 8.31. The number of aromatic carboxylic acids is 1. The fourth-order valence-electron chi connectivity index (χ4n) is 1.39. The number of H-pyrrole nitrogens is 1. The van der Waals surface area contributed by atoms with E-state index in [-0.39, 0.29) is 17.0 Å². The number of nitrogens with one attached hydrogen (secondary N) is 1. The Morgan fingerprint density at radius 3 is 2.31 bits per heavy atom. The van der Waals surface area contributed by atoms with Crippen LogP contribution in [0, 0.1) is 0 Å². The van der Waals surface area contributed by atoms with E-state index in [0.29, 0.717) is 5.56 Å². The molecule has 2 N–H and O–H groups in total. The SMILES string of the molecule is O=C(O)c1c[nH]c(C(=O)c2ccccc2)c1. The van der Waals surface area contributed by atoms with E-state index in [1.807, 2.05) is 6.07 Å². The quantitative estimate of drug-likeness (QED) is 0.768. The molecule has 0 radical (unpaired) electrons. The summed E-state index contributed by atoms with van der Waals surface area (Å²) < 4.78 is 0. The molecule has 16 heavy (non-hydrogen) atoms. The molecule has 0 unspecified atom stereocenters. The molecule has 0 aliphatic rings. The maximum absolute atomic E-state index is 11.9. The molecule has 0 saturated carbocycles. The molecule has 0 fully saturated rings. The number of carbonyl (C=O) groups is 2. The summed E-state index contributed by atoms with van der Waals surface area (Å²) in [5.41, 5.74) is 0.893. The van der Waals surface area contributed by atoms with Crippen LogP contribution in [-0.4, -0.2) is 21.8 Å². The highest BCUT2D eigenvalue weighted by molar-refractivity contribution is 6.08. The number of aromatic nitrogens is 1. The minimum atomic E-state index is -1.05. The summed E-state index contributed by atoms with van der Waals surface area (Å²) in [5.74, 6) is -1.27. The smallest absolute Gasteiger partial charge is 0.337 e. The highest BCUT2D eigenvalue weighted by atomic mass is 16.4. The number of carbonyl (C=O) groups excluding carboxylic acids is 1. The summed E-state index contributed by atoms with van der Waals surface area (Å²) in [6.45, 7) is 0. The molecular formula is C12H9NO3. The molecule has 0 saturated heterocycles. The Labute approximate surface area is 91.5 Å². The van der Waals surface area contributed by atoms with Gasteiger partial charge in [-0.2, -0.15) is 0 Å². The Balaban J connectivity index is 2.31. The molecule has 0 amide bonds. The van der Waals surface area contributed by atoms with Crippen molar-refractivity contribution in [3.63, 3.8) is 0 Å². The maximum atomic E-state index is 11.9. The molecule has 1 aromatic carbocycles. The number of hydrogen-bond donors (Lipinski definition) is 2. The second-order valence-corrected chi connectivity index (χ2v) is 3.30. The average molecular weight is 215 g/mol. The van der Waals surface area contributed by atoms with Crippen LogP contribution in [0.2, 0.25) is 0 Å². The van der Waals surface area contributed by atoms with Gasteiger partial charge in [0.15, 0.2) is 0 Å². The molecule has 0 aliphatic carbocycles. The van der Waals surface area contributed by atoms with Crippen LogP contribution in [0.15, 0.2) is 42.6 Å².